The molecule has 1 aromatic heterocycles. The minimum absolute atomic E-state index is 0.0622. The first-order chi connectivity index (χ1) is 14.7. The highest BCUT2D eigenvalue weighted by Gasteiger charge is 2.21. The van der Waals surface area contributed by atoms with Gasteiger partial charge in [-0.25, -0.2) is 0 Å². The number of thioether (sulfide) groups is 1. The van der Waals surface area contributed by atoms with Crippen LogP contribution in [0.15, 0.2) is 59.8 Å². The standard InChI is InChI=1S/C22H25N5O2S/c1-17-6-5-9-19(14-17)23-20(28)16-30-22-25-24-21(26-10-12-29-13-11-26)27(22)15-18-7-3-2-4-8-18/h2-9,14H,10-13,15-16H2,1H3,(H,23,28). The molecule has 1 N–H and O–H groups in total. The Hall–Kier alpha value is -2.84. The van der Waals surface area contributed by atoms with Gasteiger partial charge in [-0.15, -0.1) is 10.2 Å². The number of nitrogens with one attached hydrogen (secondary N) is 1. The van der Waals surface area contributed by atoms with Crippen molar-refractivity contribution < 1.29 is 9.53 Å². The molecule has 0 spiro atoms. The van der Waals surface area contributed by atoms with Crippen LogP contribution in [-0.2, 0) is 16.1 Å². The molecule has 1 amide bonds. The number of hydrogen-bond donors (Lipinski definition) is 1. The number of benzene rings is 2. The van der Waals surface area contributed by atoms with E-state index in [4.69, 9.17) is 4.74 Å². The maximum absolute atomic E-state index is 12.5. The quantitative estimate of drug-likeness (QED) is 0.589. The van der Waals surface area contributed by atoms with Crippen LogP contribution in [-0.4, -0.2) is 52.7 Å². The van der Waals surface area contributed by atoms with Crippen LogP contribution in [0.5, 0.6) is 0 Å². The lowest BCUT2D eigenvalue weighted by atomic mass is 10.2. The van der Waals surface area contributed by atoms with Gasteiger partial charge in [0.1, 0.15) is 0 Å². The van der Waals surface area contributed by atoms with Crippen molar-refractivity contribution in [1.82, 2.24) is 14.8 Å². The van der Waals surface area contributed by atoms with Gasteiger partial charge in [-0.05, 0) is 30.2 Å². The van der Waals surface area contributed by atoms with E-state index in [1.165, 1.54) is 11.8 Å². The number of morpholine rings is 1. The molecule has 1 fully saturated rings. The number of hydrogen-bond acceptors (Lipinski definition) is 6. The minimum atomic E-state index is -0.0622. The molecule has 7 nitrogen and oxygen atoms in total. The smallest absolute Gasteiger partial charge is 0.234 e. The largest absolute Gasteiger partial charge is 0.378 e. The zero-order chi connectivity index (χ0) is 20.8. The summed E-state index contributed by atoms with van der Waals surface area (Å²) in [5.41, 5.74) is 3.08. The van der Waals surface area contributed by atoms with Crippen LogP contribution >= 0.6 is 11.8 Å². The Bertz CT molecular complexity index is 986. The number of amides is 1. The predicted molar refractivity (Wildman–Crippen MR) is 119 cm³/mol. The van der Waals surface area contributed by atoms with Crippen molar-refractivity contribution in [1.29, 1.82) is 0 Å². The summed E-state index contributed by atoms with van der Waals surface area (Å²) in [5.74, 6) is 1.03. The van der Waals surface area contributed by atoms with Gasteiger partial charge in [0.15, 0.2) is 5.16 Å². The summed E-state index contributed by atoms with van der Waals surface area (Å²) in [6.45, 7) is 5.59. The Morgan fingerprint density at radius 1 is 1.10 bits per heavy atom. The Labute approximate surface area is 180 Å². The highest BCUT2D eigenvalue weighted by molar-refractivity contribution is 7.99. The number of anilines is 2. The van der Waals surface area contributed by atoms with Crippen LogP contribution in [0.3, 0.4) is 0 Å². The first-order valence-corrected chi connectivity index (χ1v) is 11.0. The third-order valence-electron chi connectivity index (χ3n) is 4.81. The Morgan fingerprint density at radius 3 is 2.67 bits per heavy atom. The lowest BCUT2D eigenvalue weighted by Crippen LogP contribution is -2.38. The summed E-state index contributed by atoms with van der Waals surface area (Å²) >= 11 is 1.40. The predicted octanol–water partition coefficient (Wildman–Crippen LogP) is 3.20. The van der Waals surface area contributed by atoms with E-state index in [2.05, 4.69) is 37.1 Å². The molecule has 0 atom stereocenters. The summed E-state index contributed by atoms with van der Waals surface area (Å²) < 4.78 is 7.56. The molecule has 1 aliphatic rings. The molecule has 0 radical (unpaired) electrons. The van der Waals surface area contributed by atoms with E-state index in [0.29, 0.717) is 19.8 Å². The van der Waals surface area contributed by atoms with E-state index >= 15 is 0 Å². The minimum Gasteiger partial charge on any atom is -0.378 e. The maximum atomic E-state index is 12.5. The molecule has 156 valence electrons. The molecule has 0 bridgehead atoms. The van der Waals surface area contributed by atoms with Gasteiger partial charge in [-0.3, -0.25) is 9.36 Å². The first-order valence-electron chi connectivity index (χ1n) is 9.98. The van der Waals surface area contributed by atoms with E-state index in [0.717, 1.165) is 41.0 Å². The molecule has 30 heavy (non-hydrogen) atoms. The second-order valence-electron chi connectivity index (χ2n) is 7.16. The van der Waals surface area contributed by atoms with Gasteiger partial charge in [0.2, 0.25) is 11.9 Å². The van der Waals surface area contributed by atoms with Crippen LogP contribution in [0.25, 0.3) is 0 Å². The number of ether oxygens (including phenoxy) is 1. The van der Waals surface area contributed by atoms with E-state index in [1.807, 2.05) is 49.4 Å². The van der Waals surface area contributed by atoms with Crippen LogP contribution in [0.1, 0.15) is 11.1 Å². The maximum Gasteiger partial charge on any atom is 0.234 e. The summed E-state index contributed by atoms with van der Waals surface area (Å²) in [5, 5.41) is 12.5. The second-order valence-corrected chi connectivity index (χ2v) is 8.10. The van der Waals surface area contributed by atoms with Crippen molar-refractivity contribution in [3.05, 3.63) is 65.7 Å². The average molecular weight is 424 g/mol. The Balaban J connectivity index is 1.48. The summed E-state index contributed by atoms with van der Waals surface area (Å²) in [4.78, 5) is 14.6. The molecular formula is C22H25N5O2S. The fourth-order valence-corrected chi connectivity index (χ4v) is 4.07. The molecule has 2 heterocycles. The second kappa shape index (κ2) is 9.77. The number of carbonyl (C=O) groups is 1. The van der Waals surface area contributed by atoms with Crippen molar-refractivity contribution >= 4 is 29.3 Å². The topological polar surface area (TPSA) is 72.3 Å². The monoisotopic (exact) mass is 423 g/mol. The van der Waals surface area contributed by atoms with Gasteiger partial charge in [0, 0.05) is 18.8 Å². The highest BCUT2D eigenvalue weighted by atomic mass is 32.2. The van der Waals surface area contributed by atoms with Gasteiger partial charge in [-0.1, -0.05) is 54.2 Å². The lowest BCUT2D eigenvalue weighted by molar-refractivity contribution is -0.113. The SMILES string of the molecule is Cc1cccc(NC(=O)CSc2nnc(N3CCOCC3)n2Cc2ccccc2)c1. The van der Waals surface area contributed by atoms with Gasteiger partial charge < -0.3 is 15.0 Å². The summed E-state index contributed by atoms with van der Waals surface area (Å²) in [6, 6.07) is 18.0. The highest BCUT2D eigenvalue weighted by Crippen LogP contribution is 2.24. The first kappa shape index (κ1) is 20.4. The fraction of sp³-hybridized carbons (Fsp3) is 0.318. The number of aryl methyl sites for hydroxylation is 1. The normalized spacial score (nSPS) is 14.0. The van der Waals surface area contributed by atoms with Crippen LogP contribution in [0, 0.1) is 6.92 Å². The molecule has 0 aliphatic carbocycles. The van der Waals surface area contributed by atoms with Gasteiger partial charge in [0.25, 0.3) is 0 Å². The van der Waals surface area contributed by atoms with Crippen molar-refractivity contribution in [3.63, 3.8) is 0 Å². The van der Waals surface area contributed by atoms with Crippen LogP contribution < -0.4 is 10.2 Å². The molecular weight excluding hydrogens is 398 g/mol. The molecule has 2 aromatic carbocycles. The van der Waals surface area contributed by atoms with Crippen molar-refractivity contribution in [2.24, 2.45) is 0 Å². The molecule has 1 aliphatic heterocycles. The molecule has 0 saturated carbocycles. The molecule has 4 rings (SSSR count). The van der Waals surface area contributed by atoms with Crippen molar-refractivity contribution in [2.45, 2.75) is 18.6 Å². The van der Waals surface area contributed by atoms with Crippen LogP contribution in [0.2, 0.25) is 0 Å². The Kier molecular flexibility index (Phi) is 6.66. The Morgan fingerprint density at radius 2 is 1.90 bits per heavy atom. The molecule has 8 heteroatoms. The number of aromatic nitrogens is 3. The van der Waals surface area contributed by atoms with Crippen LogP contribution in [0.4, 0.5) is 11.6 Å². The molecule has 3 aromatic rings. The average Bonchev–Trinajstić information content (AvgIpc) is 3.16. The molecule has 0 unspecified atom stereocenters. The third-order valence-corrected chi connectivity index (χ3v) is 5.78. The lowest BCUT2D eigenvalue weighted by Gasteiger charge is -2.28. The zero-order valence-corrected chi connectivity index (χ0v) is 17.8. The third kappa shape index (κ3) is 5.20. The van der Waals surface area contributed by atoms with Gasteiger partial charge >= 0.3 is 0 Å². The fourth-order valence-electron chi connectivity index (χ4n) is 3.34. The van der Waals surface area contributed by atoms with E-state index in [-0.39, 0.29) is 11.7 Å². The van der Waals surface area contributed by atoms with E-state index in [1.54, 1.807) is 0 Å². The summed E-state index contributed by atoms with van der Waals surface area (Å²) in [7, 11) is 0. The van der Waals surface area contributed by atoms with Gasteiger partial charge in [0.05, 0.1) is 25.5 Å². The zero-order valence-electron chi connectivity index (χ0n) is 17.0. The number of rotatable bonds is 7. The molecule has 1 saturated heterocycles. The number of nitrogens with zero attached hydrogens (tertiary/aromatic N) is 4. The van der Waals surface area contributed by atoms with E-state index < -0.39 is 0 Å². The van der Waals surface area contributed by atoms with Gasteiger partial charge in [-0.2, -0.15) is 0 Å². The van der Waals surface area contributed by atoms with Crippen molar-refractivity contribution in [3.8, 4) is 0 Å². The number of carbonyl (C=O) groups excluding carboxylic acids is 1. The van der Waals surface area contributed by atoms with E-state index in [9.17, 15) is 4.79 Å². The van der Waals surface area contributed by atoms with Crippen molar-refractivity contribution in [2.75, 3.05) is 42.3 Å². The summed E-state index contributed by atoms with van der Waals surface area (Å²) in [6.07, 6.45) is 0.